The van der Waals surface area contributed by atoms with E-state index in [1.54, 1.807) is 0 Å². The molecule has 4 heteroatoms. The third-order valence-electron chi connectivity index (χ3n) is 5.15. The second kappa shape index (κ2) is 12.3. The van der Waals surface area contributed by atoms with Crippen LogP contribution in [0.4, 0.5) is 0 Å². The van der Waals surface area contributed by atoms with Crippen molar-refractivity contribution in [1.29, 1.82) is 0 Å². The summed E-state index contributed by atoms with van der Waals surface area (Å²) < 4.78 is 0. The molecule has 0 aromatic rings. The van der Waals surface area contributed by atoms with E-state index in [1.165, 1.54) is 91.4 Å². The molecule has 22 heavy (non-hydrogen) atoms. The molecule has 1 fully saturated rings. The molecule has 0 aliphatic carbocycles. The van der Waals surface area contributed by atoms with Gasteiger partial charge >= 0.3 is 0 Å². The second-order valence-corrected chi connectivity index (χ2v) is 6.44. The van der Waals surface area contributed by atoms with E-state index in [4.69, 9.17) is 0 Å². The van der Waals surface area contributed by atoms with Crippen LogP contribution in [0.25, 0.3) is 0 Å². The molecule has 0 bridgehead atoms. The standard InChI is InChI=1S/C18H40N4/c1-5-19-11-9-12-21(7-3)17-18-22(8-4)14-10-13-20(6-2)16-15-19/h5-18H2,1-4H3. The van der Waals surface area contributed by atoms with E-state index in [-0.39, 0.29) is 0 Å². The van der Waals surface area contributed by atoms with E-state index in [9.17, 15) is 0 Å². The fourth-order valence-electron chi connectivity index (χ4n) is 3.31. The zero-order valence-corrected chi connectivity index (χ0v) is 15.7. The Hall–Kier alpha value is -0.160. The molecule has 0 N–H and O–H groups in total. The smallest absolute Gasteiger partial charge is 0.0109 e. The van der Waals surface area contributed by atoms with Crippen molar-refractivity contribution in [3.05, 3.63) is 0 Å². The Morgan fingerprint density at radius 2 is 0.636 bits per heavy atom. The van der Waals surface area contributed by atoms with Gasteiger partial charge in [0.1, 0.15) is 0 Å². The van der Waals surface area contributed by atoms with Crippen molar-refractivity contribution in [3.63, 3.8) is 0 Å². The van der Waals surface area contributed by atoms with Gasteiger partial charge in [-0.15, -0.1) is 0 Å². The molecule has 132 valence electrons. The van der Waals surface area contributed by atoms with E-state index in [1.807, 2.05) is 0 Å². The van der Waals surface area contributed by atoms with Crippen LogP contribution in [-0.2, 0) is 0 Å². The molecule has 0 spiro atoms. The average Bonchev–Trinajstić information content (AvgIpc) is 2.56. The van der Waals surface area contributed by atoms with Gasteiger partial charge in [0, 0.05) is 26.2 Å². The maximum absolute atomic E-state index is 2.63. The summed E-state index contributed by atoms with van der Waals surface area (Å²) >= 11 is 0. The summed E-state index contributed by atoms with van der Waals surface area (Å²) in [6.45, 7) is 23.9. The molecule has 1 aliphatic rings. The molecule has 1 heterocycles. The van der Waals surface area contributed by atoms with Crippen molar-refractivity contribution in [2.24, 2.45) is 0 Å². The largest absolute Gasteiger partial charge is 0.302 e. The van der Waals surface area contributed by atoms with Gasteiger partial charge < -0.3 is 19.6 Å². The molecular formula is C18H40N4. The maximum Gasteiger partial charge on any atom is 0.0109 e. The van der Waals surface area contributed by atoms with Gasteiger partial charge in [-0.3, -0.25) is 0 Å². The SMILES string of the molecule is CCN1CCCN(CC)CCN(CC)CCCN(CC)CC1. The monoisotopic (exact) mass is 312 g/mol. The van der Waals surface area contributed by atoms with E-state index >= 15 is 0 Å². The lowest BCUT2D eigenvalue weighted by molar-refractivity contribution is 0.168. The third kappa shape index (κ3) is 7.91. The van der Waals surface area contributed by atoms with E-state index in [0.29, 0.717) is 0 Å². The number of likely N-dealkylation sites (N-methyl/N-ethyl adjacent to an activating group) is 4. The van der Waals surface area contributed by atoms with Crippen LogP contribution in [0, 0.1) is 0 Å². The van der Waals surface area contributed by atoms with Crippen molar-refractivity contribution in [3.8, 4) is 0 Å². The Morgan fingerprint density at radius 3 is 0.818 bits per heavy atom. The molecule has 1 saturated heterocycles. The van der Waals surface area contributed by atoms with Gasteiger partial charge in [0.05, 0.1) is 0 Å². The third-order valence-corrected chi connectivity index (χ3v) is 5.15. The topological polar surface area (TPSA) is 13.0 Å². The van der Waals surface area contributed by atoms with Gasteiger partial charge in [-0.05, 0) is 65.2 Å². The fraction of sp³-hybridized carbons (Fsp3) is 1.00. The second-order valence-electron chi connectivity index (χ2n) is 6.44. The van der Waals surface area contributed by atoms with Gasteiger partial charge in [-0.25, -0.2) is 0 Å². The van der Waals surface area contributed by atoms with E-state index in [0.717, 1.165) is 0 Å². The summed E-state index contributed by atoms with van der Waals surface area (Å²) in [6.07, 6.45) is 2.61. The molecule has 0 amide bonds. The quantitative estimate of drug-likeness (QED) is 0.788. The molecule has 0 aromatic carbocycles. The van der Waals surface area contributed by atoms with Crippen molar-refractivity contribution in [2.75, 3.05) is 78.5 Å². The highest BCUT2D eigenvalue weighted by Crippen LogP contribution is 2.02. The number of nitrogens with zero attached hydrogens (tertiary/aromatic N) is 4. The minimum Gasteiger partial charge on any atom is -0.302 e. The highest BCUT2D eigenvalue weighted by molar-refractivity contribution is 4.68. The van der Waals surface area contributed by atoms with Crippen LogP contribution >= 0.6 is 0 Å². The summed E-state index contributed by atoms with van der Waals surface area (Å²) in [5, 5.41) is 0. The summed E-state index contributed by atoms with van der Waals surface area (Å²) in [4.78, 5) is 10.5. The first kappa shape index (κ1) is 19.9. The number of rotatable bonds is 4. The van der Waals surface area contributed by atoms with Crippen LogP contribution in [-0.4, -0.2) is 98.1 Å². The van der Waals surface area contributed by atoms with Crippen molar-refractivity contribution < 1.29 is 0 Å². The van der Waals surface area contributed by atoms with Crippen molar-refractivity contribution in [2.45, 2.75) is 40.5 Å². The molecule has 0 atom stereocenters. The molecule has 1 rings (SSSR count). The predicted octanol–water partition coefficient (Wildman–Crippen LogP) is 2.07. The average molecular weight is 313 g/mol. The van der Waals surface area contributed by atoms with Gasteiger partial charge in [0.15, 0.2) is 0 Å². The Balaban J connectivity index is 2.56. The summed E-state index contributed by atoms with van der Waals surface area (Å²) in [6, 6.07) is 0. The normalized spacial score (nSPS) is 23.5. The van der Waals surface area contributed by atoms with Crippen LogP contribution in [0.5, 0.6) is 0 Å². The van der Waals surface area contributed by atoms with Crippen molar-refractivity contribution >= 4 is 0 Å². The van der Waals surface area contributed by atoms with Gasteiger partial charge in [0.2, 0.25) is 0 Å². The van der Waals surface area contributed by atoms with Gasteiger partial charge in [-0.1, -0.05) is 27.7 Å². The Kier molecular flexibility index (Phi) is 11.1. The van der Waals surface area contributed by atoms with Crippen LogP contribution in [0.2, 0.25) is 0 Å². The predicted molar refractivity (Wildman–Crippen MR) is 97.7 cm³/mol. The maximum atomic E-state index is 2.63. The first-order valence-electron chi connectivity index (χ1n) is 9.62. The lowest BCUT2D eigenvalue weighted by atomic mass is 10.3. The number of hydrogen-bond acceptors (Lipinski definition) is 4. The summed E-state index contributed by atoms with van der Waals surface area (Å²) in [5.74, 6) is 0. The Bertz CT molecular complexity index is 209. The fourth-order valence-corrected chi connectivity index (χ4v) is 3.31. The van der Waals surface area contributed by atoms with Gasteiger partial charge in [-0.2, -0.15) is 0 Å². The zero-order valence-electron chi connectivity index (χ0n) is 15.7. The zero-order chi connectivity index (χ0) is 16.2. The lowest BCUT2D eigenvalue weighted by Crippen LogP contribution is -2.41. The first-order valence-corrected chi connectivity index (χ1v) is 9.62. The van der Waals surface area contributed by atoms with Crippen LogP contribution in [0.1, 0.15) is 40.5 Å². The summed E-state index contributed by atoms with van der Waals surface area (Å²) in [5.41, 5.74) is 0. The Labute approximate surface area is 139 Å². The van der Waals surface area contributed by atoms with Crippen LogP contribution in [0.15, 0.2) is 0 Å². The first-order chi connectivity index (χ1) is 10.7. The molecule has 0 aromatic heterocycles. The molecule has 1 aliphatic heterocycles. The van der Waals surface area contributed by atoms with E-state index < -0.39 is 0 Å². The Morgan fingerprint density at radius 1 is 0.409 bits per heavy atom. The number of hydrogen-bond donors (Lipinski definition) is 0. The molecular weight excluding hydrogens is 272 g/mol. The molecule has 0 unspecified atom stereocenters. The lowest BCUT2D eigenvalue weighted by Gasteiger charge is -2.30. The molecule has 0 saturated carbocycles. The van der Waals surface area contributed by atoms with Crippen LogP contribution in [0.3, 0.4) is 0 Å². The minimum atomic E-state index is 1.19. The highest BCUT2D eigenvalue weighted by Gasteiger charge is 2.11. The highest BCUT2D eigenvalue weighted by atomic mass is 15.2. The molecule has 4 nitrogen and oxygen atoms in total. The minimum absolute atomic E-state index is 1.19. The molecule has 0 radical (unpaired) electrons. The van der Waals surface area contributed by atoms with Gasteiger partial charge in [0.25, 0.3) is 0 Å². The summed E-state index contributed by atoms with van der Waals surface area (Å²) in [7, 11) is 0. The van der Waals surface area contributed by atoms with Crippen LogP contribution < -0.4 is 0 Å². The van der Waals surface area contributed by atoms with E-state index in [2.05, 4.69) is 47.3 Å². The van der Waals surface area contributed by atoms with Crippen molar-refractivity contribution in [1.82, 2.24) is 19.6 Å².